The largest absolute Gasteiger partial charge is 0.212 e. The minimum atomic E-state index is -0.104. The summed E-state index contributed by atoms with van der Waals surface area (Å²) in [5.41, 5.74) is 0. The molecule has 0 N–H and O–H groups in total. The summed E-state index contributed by atoms with van der Waals surface area (Å²) in [7, 11) is 0. The van der Waals surface area contributed by atoms with E-state index in [1.807, 2.05) is 0 Å². The third-order valence-electron chi connectivity index (χ3n) is 0.898. The fourth-order valence-electron chi connectivity index (χ4n) is 0.395. The van der Waals surface area contributed by atoms with Gasteiger partial charge >= 0.3 is 0 Å². The van der Waals surface area contributed by atoms with Crippen molar-refractivity contribution in [3.63, 3.8) is 0 Å². The molecule has 0 aromatic heterocycles. The van der Waals surface area contributed by atoms with E-state index in [9.17, 15) is 4.39 Å². The van der Waals surface area contributed by atoms with E-state index >= 15 is 0 Å². The topological polar surface area (TPSA) is 0 Å². The van der Waals surface area contributed by atoms with Crippen molar-refractivity contribution in [2.24, 2.45) is 0 Å². The molecule has 0 radical (unpaired) electrons. The second-order valence-electron chi connectivity index (χ2n) is 1.60. The van der Waals surface area contributed by atoms with Crippen molar-refractivity contribution in [3.8, 4) is 0 Å². The van der Waals surface area contributed by atoms with Crippen molar-refractivity contribution in [2.75, 3.05) is 0 Å². The van der Waals surface area contributed by atoms with Gasteiger partial charge in [0.2, 0.25) is 0 Å². The lowest BCUT2D eigenvalue weighted by molar-refractivity contribution is 0.616. The summed E-state index contributed by atoms with van der Waals surface area (Å²) in [6.45, 7) is 5.13. The summed E-state index contributed by atoms with van der Waals surface area (Å²) >= 11 is 0. The average molecular weight is 126 g/mol. The number of hydrogen-bond donors (Lipinski definition) is 0. The zero-order valence-corrected chi connectivity index (χ0v) is 5.60. The van der Waals surface area contributed by atoms with Gasteiger partial charge in [-0.3, -0.25) is 0 Å². The lowest BCUT2D eigenvalue weighted by Crippen LogP contribution is -1.65. The van der Waals surface area contributed by atoms with Gasteiger partial charge in [-0.05, 0) is 6.92 Å². The van der Waals surface area contributed by atoms with Crippen molar-refractivity contribution in [3.05, 3.63) is 36.7 Å². The third kappa shape index (κ3) is 5.01. The fourth-order valence-corrected chi connectivity index (χ4v) is 0.395. The average Bonchev–Trinajstić information content (AvgIpc) is 1.89. The van der Waals surface area contributed by atoms with Gasteiger partial charge in [-0.25, -0.2) is 4.39 Å². The van der Waals surface area contributed by atoms with Gasteiger partial charge in [0.15, 0.2) is 0 Å². The molecule has 0 aliphatic heterocycles. The number of rotatable bonds is 3. The van der Waals surface area contributed by atoms with Gasteiger partial charge < -0.3 is 0 Å². The van der Waals surface area contributed by atoms with Crippen LogP contribution in [0.15, 0.2) is 36.7 Å². The third-order valence-corrected chi connectivity index (χ3v) is 0.898. The van der Waals surface area contributed by atoms with E-state index in [0.717, 1.165) is 0 Å². The first kappa shape index (κ1) is 8.15. The summed E-state index contributed by atoms with van der Waals surface area (Å²) < 4.78 is 12.2. The molecule has 0 rings (SSSR count). The molecule has 0 spiro atoms. The van der Waals surface area contributed by atoms with Crippen molar-refractivity contribution >= 4 is 0 Å². The van der Waals surface area contributed by atoms with Gasteiger partial charge in [0, 0.05) is 6.42 Å². The zero-order valence-electron chi connectivity index (χ0n) is 5.60. The highest BCUT2D eigenvalue weighted by molar-refractivity contribution is 5.03. The SMILES string of the molecule is C=CC=CC/C(F)=C\C. The van der Waals surface area contributed by atoms with Crippen LogP contribution in [0.25, 0.3) is 0 Å². The predicted octanol–water partition coefficient (Wildman–Crippen LogP) is 2.99. The molecule has 0 nitrogen and oxygen atoms in total. The number of hydrogen-bond acceptors (Lipinski definition) is 0. The van der Waals surface area contributed by atoms with Crippen molar-refractivity contribution in [2.45, 2.75) is 13.3 Å². The minimum Gasteiger partial charge on any atom is -0.212 e. The Balaban J connectivity index is 3.50. The highest BCUT2D eigenvalue weighted by Crippen LogP contribution is 2.02. The summed E-state index contributed by atoms with van der Waals surface area (Å²) in [6.07, 6.45) is 6.91. The molecule has 9 heavy (non-hydrogen) atoms. The first-order valence-corrected chi connectivity index (χ1v) is 2.89. The Morgan fingerprint density at radius 3 is 2.78 bits per heavy atom. The molecule has 0 saturated heterocycles. The number of allylic oxidation sites excluding steroid dienone is 5. The summed E-state index contributed by atoms with van der Waals surface area (Å²) in [6, 6.07) is 0. The molecule has 0 bridgehead atoms. The molecule has 0 heterocycles. The second-order valence-corrected chi connectivity index (χ2v) is 1.60. The molecule has 0 aliphatic carbocycles. The zero-order chi connectivity index (χ0) is 7.11. The maximum absolute atomic E-state index is 12.2. The standard InChI is InChI=1S/C8H11F/c1-3-5-6-7-8(9)4-2/h3-6H,1,7H2,2H3/b6-5?,8-4+. The molecule has 0 saturated carbocycles. The lowest BCUT2D eigenvalue weighted by atomic mass is 10.3. The van der Waals surface area contributed by atoms with E-state index in [4.69, 9.17) is 0 Å². The fraction of sp³-hybridized carbons (Fsp3) is 0.250. The van der Waals surface area contributed by atoms with Crippen LogP contribution in [0.2, 0.25) is 0 Å². The van der Waals surface area contributed by atoms with Crippen molar-refractivity contribution < 1.29 is 4.39 Å². The van der Waals surface area contributed by atoms with Gasteiger partial charge in [-0.2, -0.15) is 0 Å². The Hall–Kier alpha value is -0.850. The highest BCUT2D eigenvalue weighted by atomic mass is 19.1. The van der Waals surface area contributed by atoms with E-state index in [-0.39, 0.29) is 5.83 Å². The molecule has 1 heteroatoms. The van der Waals surface area contributed by atoms with Crippen molar-refractivity contribution in [1.82, 2.24) is 0 Å². The Bertz CT molecular complexity index is 132. The lowest BCUT2D eigenvalue weighted by Gasteiger charge is -1.84. The van der Waals surface area contributed by atoms with E-state index in [1.54, 1.807) is 25.2 Å². The highest BCUT2D eigenvalue weighted by Gasteiger charge is 1.83. The maximum atomic E-state index is 12.2. The van der Waals surface area contributed by atoms with Gasteiger partial charge in [0.25, 0.3) is 0 Å². The molecule has 0 unspecified atom stereocenters. The van der Waals surface area contributed by atoms with Crippen LogP contribution in [0.3, 0.4) is 0 Å². The second kappa shape index (κ2) is 5.29. The normalized spacial score (nSPS) is 12.4. The molecule has 0 fully saturated rings. The summed E-state index contributed by atoms with van der Waals surface area (Å²) in [5, 5.41) is 0. The maximum Gasteiger partial charge on any atom is 0.0994 e. The minimum absolute atomic E-state index is 0.104. The van der Waals surface area contributed by atoms with Crippen LogP contribution in [-0.4, -0.2) is 0 Å². The van der Waals surface area contributed by atoms with Gasteiger partial charge in [-0.1, -0.05) is 30.9 Å². The Kier molecular flexibility index (Phi) is 4.79. The van der Waals surface area contributed by atoms with E-state index < -0.39 is 0 Å². The Labute approximate surface area is 55.4 Å². The Morgan fingerprint density at radius 1 is 1.67 bits per heavy atom. The van der Waals surface area contributed by atoms with E-state index in [0.29, 0.717) is 6.42 Å². The van der Waals surface area contributed by atoms with Gasteiger partial charge in [0.05, 0.1) is 5.83 Å². The molecule has 0 aromatic carbocycles. The molecular weight excluding hydrogens is 115 g/mol. The molecule has 0 amide bonds. The molecule has 0 aliphatic rings. The molecule has 0 aromatic rings. The quantitative estimate of drug-likeness (QED) is 0.510. The summed E-state index contributed by atoms with van der Waals surface area (Å²) in [5.74, 6) is -0.104. The monoisotopic (exact) mass is 126 g/mol. The molecule has 50 valence electrons. The van der Waals surface area contributed by atoms with Crippen LogP contribution in [0, 0.1) is 0 Å². The van der Waals surface area contributed by atoms with Gasteiger partial charge in [0.1, 0.15) is 0 Å². The first-order chi connectivity index (χ1) is 4.31. The first-order valence-electron chi connectivity index (χ1n) is 2.89. The smallest absolute Gasteiger partial charge is 0.0994 e. The van der Waals surface area contributed by atoms with Gasteiger partial charge in [-0.15, -0.1) is 0 Å². The predicted molar refractivity (Wildman–Crippen MR) is 38.8 cm³/mol. The van der Waals surface area contributed by atoms with Crippen LogP contribution in [0.1, 0.15) is 13.3 Å². The summed E-state index contributed by atoms with van der Waals surface area (Å²) in [4.78, 5) is 0. The van der Waals surface area contributed by atoms with Crippen LogP contribution >= 0.6 is 0 Å². The van der Waals surface area contributed by atoms with E-state index in [2.05, 4.69) is 6.58 Å². The molecule has 0 atom stereocenters. The van der Waals surface area contributed by atoms with E-state index in [1.165, 1.54) is 6.08 Å². The van der Waals surface area contributed by atoms with Crippen molar-refractivity contribution in [1.29, 1.82) is 0 Å². The Morgan fingerprint density at radius 2 is 2.33 bits per heavy atom. The number of halogens is 1. The van der Waals surface area contributed by atoms with Crippen LogP contribution in [0.4, 0.5) is 4.39 Å². The van der Waals surface area contributed by atoms with Crippen LogP contribution < -0.4 is 0 Å². The van der Waals surface area contributed by atoms with Crippen LogP contribution in [0.5, 0.6) is 0 Å². The molecular formula is C8H11F. The van der Waals surface area contributed by atoms with Crippen LogP contribution in [-0.2, 0) is 0 Å².